The first-order valence-corrected chi connectivity index (χ1v) is 12.0. The van der Waals surface area contributed by atoms with Gasteiger partial charge in [-0.2, -0.15) is 0 Å². The van der Waals surface area contributed by atoms with Crippen LogP contribution in [0.25, 0.3) is 10.2 Å². The van der Waals surface area contributed by atoms with Crippen LogP contribution >= 0.6 is 23.1 Å². The number of hydrogen-bond donors (Lipinski definition) is 2. The molecule has 2 heterocycles. The van der Waals surface area contributed by atoms with E-state index in [0.29, 0.717) is 17.6 Å². The number of amides is 1. The summed E-state index contributed by atoms with van der Waals surface area (Å²) < 4.78 is 0. The number of rotatable bonds is 6. The lowest BCUT2D eigenvalue weighted by molar-refractivity contribution is -0.118. The number of nitrogens with zero attached hydrogens (tertiary/aromatic N) is 1. The van der Waals surface area contributed by atoms with Gasteiger partial charge in [0, 0.05) is 11.4 Å². The highest BCUT2D eigenvalue weighted by atomic mass is 32.2. The maximum Gasteiger partial charge on any atom is 0.260 e. The molecule has 4 rings (SSSR count). The molecule has 1 amide bonds. The minimum absolute atomic E-state index is 0.0107. The van der Waals surface area contributed by atoms with Crippen molar-refractivity contribution in [3.63, 3.8) is 0 Å². The molecular weight excluding hydrogens is 390 g/mol. The molecule has 0 fully saturated rings. The number of allylic oxidation sites excluding steroid dienone is 1. The van der Waals surface area contributed by atoms with Gasteiger partial charge in [-0.1, -0.05) is 30.3 Å². The summed E-state index contributed by atoms with van der Waals surface area (Å²) in [6.45, 7) is 2.94. The lowest BCUT2D eigenvalue weighted by Gasteiger charge is -2.17. The minimum Gasteiger partial charge on any atom is -0.355 e. The first-order valence-electron chi connectivity index (χ1n) is 10.2. The highest BCUT2D eigenvalue weighted by Crippen LogP contribution is 2.36. The van der Waals surface area contributed by atoms with Crippen molar-refractivity contribution < 1.29 is 4.79 Å². The molecular formula is C21H27N3O2S2. The Balaban J connectivity index is 1.35. The molecule has 0 spiro atoms. The Bertz CT molecular complexity index is 960. The number of carbonyl (C=O) groups excluding carboxylic acids is 1. The summed E-state index contributed by atoms with van der Waals surface area (Å²) in [7, 11) is 0. The van der Waals surface area contributed by atoms with Gasteiger partial charge in [0.1, 0.15) is 4.83 Å². The fraction of sp³-hybridized carbons (Fsp3) is 0.571. The van der Waals surface area contributed by atoms with Crippen molar-refractivity contribution in [1.29, 1.82) is 0 Å². The summed E-state index contributed by atoms with van der Waals surface area (Å²) in [6.07, 6.45) is 11.3. The molecule has 0 saturated heterocycles. The zero-order chi connectivity index (χ0) is 19.5. The van der Waals surface area contributed by atoms with Gasteiger partial charge in [-0.25, -0.2) is 4.98 Å². The van der Waals surface area contributed by atoms with E-state index in [-0.39, 0.29) is 17.2 Å². The van der Waals surface area contributed by atoms with Crippen molar-refractivity contribution in [2.45, 2.75) is 63.4 Å². The second-order valence-corrected chi connectivity index (χ2v) is 9.95. The molecule has 5 nitrogen and oxygen atoms in total. The second-order valence-electron chi connectivity index (χ2n) is 7.90. The van der Waals surface area contributed by atoms with E-state index in [1.54, 1.807) is 11.3 Å². The van der Waals surface area contributed by atoms with Crippen LogP contribution in [0.1, 0.15) is 55.9 Å². The number of aryl methyl sites for hydroxylation is 1. The van der Waals surface area contributed by atoms with Gasteiger partial charge in [0.25, 0.3) is 5.56 Å². The molecule has 0 radical (unpaired) electrons. The fourth-order valence-corrected chi connectivity index (χ4v) is 6.21. The predicted octanol–water partition coefficient (Wildman–Crippen LogP) is 4.21. The van der Waals surface area contributed by atoms with Gasteiger partial charge in [0.05, 0.1) is 11.1 Å². The van der Waals surface area contributed by atoms with E-state index in [0.717, 1.165) is 35.9 Å². The Morgan fingerprint density at radius 3 is 3.11 bits per heavy atom. The monoisotopic (exact) mass is 417 g/mol. The van der Waals surface area contributed by atoms with Crippen LogP contribution in [-0.4, -0.2) is 28.2 Å². The van der Waals surface area contributed by atoms with Crippen molar-refractivity contribution in [3.8, 4) is 0 Å². The largest absolute Gasteiger partial charge is 0.355 e. The third kappa shape index (κ3) is 4.51. The van der Waals surface area contributed by atoms with E-state index in [4.69, 9.17) is 0 Å². The van der Waals surface area contributed by atoms with Crippen LogP contribution in [0.4, 0.5) is 0 Å². The fourth-order valence-electron chi connectivity index (χ4n) is 4.08. The zero-order valence-corrected chi connectivity index (χ0v) is 17.9. The molecule has 0 unspecified atom stereocenters. The van der Waals surface area contributed by atoms with E-state index >= 15 is 0 Å². The summed E-state index contributed by atoms with van der Waals surface area (Å²) in [5, 5.41) is 4.28. The molecule has 2 aliphatic rings. The Morgan fingerprint density at radius 1 is 1.39 bits per heavy atom. The number of fused-ring (bicyclic) bond motifs is 3. The molecule has 7 heteroatoms. The number of hydrogen-bond acceptors (Lipinski definition) is 5. The standard InChI is InChI=1S/C21H27N3O2S2/c1-13-7-8-15-16(11-13)28-20-18(15)19(26)23-21(24-20)27-12-17(25)22-10-9-14-5-3-2-4-6-14/h5,13H,2-4,6-12H2,1H3,(H,22,25)(H,23,24,26)/t13-/m0/s1. The molecule has 0 bridgehead atoms. The Labute approximate surface area is 173 Å². The SMILES string of the molecule is C[C@H]1CCc2c(sc3nc(SCC(=O)NCCC4=CCCCC4)[nH]c(=O)c23)C1. The van der Waals surface area contributed by atoms with Gasteiger partial charge in [-0.15, -0.1) is 11.3 Å². The molecule has 1 atom stereocenters. The summed E-state index contributed by atoms with van der Waals surface area (Å²) in [5.74, 6) is 0.931. The van der Waals surface area contributed by atoms with Crippen molar-refractivity contribution in [1.82, 2.24) is 15.3 Å². The van der Waals surface area contributed by atoms with Gasteiger partial charge in [-0.3, -0.25) is 9.59 Å². The molecule has 0 saturated carbocycles. The molecule has 28 heavy (non-hydrogen) atoms. The van der Waals surface area contributed by atoms with Crippen LogP contribution in [0.5, 0.6) is 0 Å². The first kappa shape index (κ1) is 19.7. The van der Waals surface area contributed by atoms with Crippen LogP contribution in [0, 0.1) is 5.92 Å². The third-order valence-corrected chi connectivity index (χ3v) is 7.66. The van der Waals surface area contributed by atoms with Crippen molar-refractivity contribution >= 4 is 39.2 Å². The molecule has 150 valence electrons. The summed E-state index contributed by atoms with van der Waals surface area (Å²) in [4.78, 5) is 34.4. The van der Waals surface area contributed by atoms with Gasteiger partial charge < -0.3 is 10.3 Å². The number of nitrogens with one attached hydrogen (secondary N) is 2. The number of thiophene rings is 1. The van der Waals surface area contributed by atoms with Crippen LogP contribution in [0.2, 0.25) is 0 Å². The maximum atomic E-state index is 12.6. The smallest absolute Gasteiger partial charge is 0.260 e. The van der Waals surface area contributed by atoms with Crippen LogP contribution in [-0.2, 0) is 17.6 Å². The van der Waals surface area contributed by atoms with E-state index < -0.39 is 0 Å². The average molecular weight is 418 g/mol. The summed E-state index contributed by atoms with van der Waals surface area (Å²) in [5.41, 5.74) is 2.59. The zero-order valence-electron chi connectivity index (χ0n) is 16.3. The van der Waals surface area contributed by atoms with Crippen molar-refractivity contribution in [2.75, 3.05) is 12.3 Å². The average Bonchev–Trinajstić information content (AvgIpc) is 3.05. The molecule has 0 aliphatic heterocycles. The quantitative estimate of drug-likeness (QED) is 0.419. The molecule has 2 N–H and O–H groups in total. The first-order chi connectivity index (χ1) is 13.6. The predicted molar refractivity (Wildman–Crippen MR) is 116 cm³/mol. The van der Waals surface area contributed by atoms with Gasteiger partial charge in [0.15, 0.2) is 5.16 Å². The van der Waals surface area contributed by atoms with E-state index in [1.165, 1.54) is 53.5 Å². The van der Waals surface area contributed by atoms with Gasteiger partial charge in [-0.05, 0) is 62.8 Å². The lowest BCUT2D eigenvalue weighted by atomic mass is 9.89. The second kappa shape index (κ2) is 8.82. The Kier molecular flexibility index (Phi) is 6.21. The normalized spacial score (nSPS) is 19.3. The molecule has 2 aromatic heterocycles. The molecule has 2 aromatic rings. The van der Waals surface area contributed by atoms with E-state index in [1.807, 2.05) is 0 Å². The third-order valence-electron chi connectivity index (χ3n) is 5.64. The number of thioether (sulfide) groups is 1. The van der Waals surface area contributed by atoms with Crippen LogP contribution in [0.15, 0.2) is 21.6 Å². The van der Waals surface area contributed by atoms with Crippen LogP contribution < -0.4 is 10.9 Å². The lowest BCUT2D eigenvalue weighted by Crippen LogP contribution is -2.26. The van der Waals surface area contributed by atoms with Gasteiger partial charge in [0.2, 0.25) is 5.91 Å². The highest BCUT2D eigenvalue weighted by Gasteiger charge is 2.23. The number of aromatic amines is 1. The summed E-state index contributed by atoms with van der Waals surface area (Å²) >= 11 is 2.95. The maximum absolute atomic E-state index is 12.6. The summed E-state index contributed by atoms with van der Waals surface area (Å²) in [6, 6.07) is 0. The topological polar surface area (TPSA) is 74.8 Å². The number of carbonyl (C=O) groups is 1. The van der Waals surface area contributed by atoms with E-state index in [9.17, 15) is 9.59 Å². The van der Waals surface area contributed by atoms with Crippen LogP contribution in [0.3, 0.4) is 0 Å². The minimum atomic E-state index is -0.0656. The Hall–Kier alpha value is -1.60. The Morgan fingerprint density at radius 2 is 2.29 bits per heavy atom. The van der Waals surface area contributed by atoms with Gasteiger partial charge >= 0.3 is 0 Å². The molecule has 0 aromatic carbocycles. The number of H-pyrrole nitrogens is 1. The van der Waals surface area contributed by atoms with Crippen molar-refractivity contribution in [3.05, 3.63) is 32.4 Å². The van der Waals surface area contributed by atoms with E-state index in [2.05, 4.69) is 28.3 Å². The molecule has 2 aliphatic carbocycles. The highest BCUT2D eigenvalue weighted by molar-refractivity contribution is 7.99. The van der Waals surface area contributed by atoms with Crippen molar-refractivity contribution in [2.24, 2.45) is 5.92 Å². The number of aromatic nitrogens is 2.